The second kappa shape index (κ2) is 2.08. The van der Waals surface area contributed by atoms with Crippen molar-refractivity contribution < 1.29 is 4.73 Å². The number of aromatic nitrogens is 5. The molecular formula is C5H3N5O. The van der Waals surface area contributed by atoms with Crippen LogP contribution < -0.4 is 4.73 Å². The molecule has 2 heterocycles. The van der Waals surface area contributed by atoms with E-state index in [-0.39, 0.29) is 5.65 Å². The Balaban J connectivity index is 2.91. The first kappa shape index (κ1) is 5.90. The Morgan fingerprint density at radius 1 is 1.36 bits per heavy atom. The molecule has 0 radical (unpaired) electrons. The highest BCUT2D eigenvalue weighted by molar-refractivity contribution is 5.67. The summed E-state index contributed by atoms with van der Waals surface area (Å²) in [6, 6.07) is 0. The van der Waals surface area contributed by atoms with Crippen LogP contribution in [0.3, 0.4) is 0 Å². The molecule has 0 amide bonds. The van der Waals surface area contributed by atoms with Gasteiger partial charge in [0.25, 0.3) is 0 Å². The van der Waals surface area contributed by atoms with E-state index in [1.54, 1.807) is 0 Å². The molecule has 0 N–H and O–H groups in total. The minimum Gasteiger partial charge on any atom is -0.740 e. The number of hydrogen-bond donors (Lipinski definition) is 0. The lowest BCUT2D eigenvalue weighted by Gasteiger charge is -1.99. The van der Waals surface area contributed by atoms with Crippen molar-refractivity contribution >= 4 is 11.0 Å². The zero-order valence-corrected chi connectivity index (χ0v) is 5.38. The number of rotatable bonds is 0. The van der Waals surface area contributed by atoms with Gasteiger partial charge in [-0.1, -0.05) is 0 Å². The molecular weight excluding hydrogens is 146 g/mol. The van der Waals surface area contributed by atoms with Crippen molar-refractivity contribution in [3.63, 3.8) is 0 Å². The highest BCUT2D eigenvalue weighted by Gasteiger charge is 2.02. The molecule has 2 aromatic heterocycles. The topological polar surface area (TPSA) is 78.5 Å². The smallest absolute Gasteiger partial charge is 0.302 e. The van der Waals surface area contributed by atoms with E-state index >= 15 is 0 Å². The van der Waals surface area contributed by atoms with Crippen LogP contribution in [0, 0.1) is 5.21 Å². The van der Waals surface area contributed by atoms with Gasteiger partial charge < -0.3 is 5.21 Å². The zero-order valence-electron chi connectivity index (χ0n) is 5.38. The summed E-state index contributed by atoms with van der Waals surface area (Å²) in [4.78, 5) is 3.66. The third kappa shape index (κ3) is 0.841. The first-order chi connectivity index (χ1) is 5.38. The molecule has 6 heteroatoms. The lowest BCUT2D eigenvalue weighted by atomic mass is 10.4. The van der Waals surface area contributed by atoms with E-state index in [0.29, 0.717) is 10.1 Å². The van der Waals surface area contributed by atoms with Crippen LogP contribution in [-0.4, -0.2) is 20.4 Å². The van der Waals surface area contributed by atoms with Crippen LogP contribution in [0.15, 0.2) is 18.7 Å². The molecule has 0 saturated heterocycles. The first-order valence-corrected chi connectivity index (χ1v) is 2.89. The van der Waals surface area contributed by atoms with Crippen molar-refractivity contribution in [1.29, 1.82) is 0 Å². The van der Waals surface area contributed by atoms with Gasteiger partial charge in [0, 0.05) is 10.3 Å². The fraction of sp³-hybridized carbons (Fsp3) is 0. The zero-order chi connectivity index (χ0) is 7.68. The van der Waals surface area contributed by atoms with E-state index in [0.717, 1.165) is 6.33 Å². The van der Waals surface area contributed by atoms with Crippen molar-refractivity contribution in [3.05, 3.63) is 23.9 Å². The van der Waals surface area contributed by atoms with Gasteiger partial charge in [-0.25, -0.2) is 4.73 Å². The van der Waals surface area contributed by atoms with Crippen LogP contribution in [0.5, 0.6) is 0 Å². The summed E-state index contributed by atoms with van der Waals surface area (Å²) in [5.74, 6) is 0. The monoisotopic (exact) mass is 149 g/mol. The van der Waals surface area contributed by atoms with Crippen LogP contribution >= 0.6 is 0 Å². The standard InChI is InChI=1S/C5H3N5O/c11-10-3-6-1-4-2-7-9-8-5(4)10/h1-3H. The summed E-state index contributed by atoms with van der Waals surface area (Å²) in [7, 11) is 0. The lowest BCUT2D eigenvalue weighted by Crippen LogP contribution is -2.28. The molecule has 0 aliphatic carbocycles. The van der Waals surface area contributed by atoms with Crippen molar-refractivity contribution in [1.82, 2.24) is 20.4 Å². The highest BCUT2D eigenvalue weighted by Crippen LogP contribution is 1.97. The quantitative estimate of drug-likeness (QED) is 0.356. The summed E-state index contributed by atoms with van der Waals surface area (Å²) in [5.41, 5.74) is 0.231. The molecule has 2 aromatic rings. The largest absolute Gasteiger partial charge is 0.740 e. The Labute approximate surface area is 61.1 Å². The fourth-order valence-corrected chi connectivity index (χ4v) is 0.763. The summed E-state index contributed by atoms with van der Waals surface area (Å²) in [6.45, 7) is 0. The molecule has 0 saturated carbocycles. The van der Waals surface area contributed by atoms with Gasteiger partial charge in [-0.2, -0.15) is 0 Å². The third-order valence-electron chi connectivity index (χ3n) is 1.24. The summed E-state index contributed by atoms with van der Waals surface area (Å²) >= 11 is 0. The minimum absolute atomic E-state index is 0.231. The lowest BCUT2D eigenvalue weighted by molar-refractivity contribution is -0.582. The first-order valence-electron chi connectivity index (χ1n) is 2.89. The average Bonchev–Trinajstić information content (AvgIpc) is 2.06. The van der Waals surface area contributed by atoms with Gasteiger partial charge in [0.1, 0.15) is 11.6 Å². The van der Waals surface area contributed by atoms with Gasteiger partial charge >= 0.3 is 5.65 Å². The van der Waals surface area contributed by atoms with Crippen LogP contribution in [-0.2, 0) is 0 Å². The van der Waals surface area contributed by atoms with E-state index in [1.165, 1.54) is 12.4 Å². The summed E-state index contributed by atoms with van der Waals surface area (Å²) < 4.78 is 0.546. The fourth-order valence-electron chi connectivity index (χ4n) is 0.763. The molecule has 0 atom stereocenters. The highest BCUT2D eigenvalue weighted by atomic mass is 16.5. The molecule has 0 fully saturated rings. The molecule has 11 heavy (non-hydrogen) atoms. The SMILES string of the molecule is [O-][n+]1cncc2cnnnc21. The molecule has 54 valence electrons. The van der Waals surface area contributed by atoms with E-state index in [9.17, 15) is 5.21 Å². The Bertz CT molecular complexity index is 384. The molecule has 6 nitrogen and oxygen atoms in total. The van der Waals surface area contributed by atoms with Crippen LogP contribution in [0.4, 0.5) is 0 Å². The Kier molecular flexibility index (Phi) is 1.12. The number of hydrogen-bond acceptors (Lipinski definition) is 5. The van der Waals surface area contributed by atoms with Gasteiger partial charge in [0.15, 0.2) is 0 Å². The van der Waals surface area contributed by atoms with Crippen molar-refractivity contribution in [2.75, 3.05) is 0 Å². The third-order valence-corrected chi connectivity index (χ3v) is 1.24. The molecule has 0 aromatic carbocycles. The average molecular weight is 149 g/mol. The maximum absolute atomic E-state index is 10.9. The van der Waals surface area contributed by atoms with E-state index in [1.807, 2.05) is 0 Å². The molecule has 2 rings (SSSR count). The van der Waals surface area contributed by atoms with Crippen molar-refractivity contribution in [2.45, 2.75) is 0 Å². The summed E-state index contributed by atoms with van der Waals surface area (Å²) in [6.07, 6.45) is 4.06. The van der Waals surface area contributed by atoms with Gasteiger partial charge in [-0.3, -0.25) is 0 Å². The van der Waals surface area contributed by atoms with Crippen molar-refractivity contribution in [3.8, 4) is 0 Å². The van der Waals surface area contributed by atoms with Crippen molar-refractivity contribution in [2.24, 2.45) is 0 Å². The van der Waals surface area contributed by atoms with Gasteiger partial charge in [-0.05, 0) is 0 Å². The van der Waals surface area contributed by atoms with E-state index in [2.05, 4.69) is 20.4 Å². The van der Waals surface area contributed by atoms with Gasteiger partial charge in [0.05, 0.1) is 6.20 Å². The minimum atomic E-state index is 0.231. The van der Waals surface area contributed by atoms with Crippen LogP contribution in [0.1, 0.15) is 0 Å². The second-order valence-corrected chi connectivity index (χ2v) is 1.93. The molecule has 0 bridgehead atoms. The van der Waals surface area contributed by atoms with Crippen LogP contribution in [0.25, 0.3) is 11.0 Å². The predicted octanol–water partition coefficient (Wildman–Crippen LogP) is -0.947. The maximum atomic E-state index is 10.9. The van der Waals surface area contributed by atoms with E-state index < -0.39 is 0 Å². The maximum Gasteiger partial charge on any atom is 0.302 e. The number of nitrogens with zero attached hydrogens (tertiary/aromatic N) is 5. The van der Waals surface area contributed by atoms with Gasteiger partial charge in [-0.15, -0.1) is 10.1 Å². The molecule has 0 aliphatic rings. The number of fused-ring (bicyclic) bond motifs is 1. The van der Waals surface area contributed by atoms with Crippen LogP contribution in [0.2, 0.25) is 0 Å². The summed E-state index contributed by atoms with van der Waals surface area (Å²) in [5, 5.41) is 21.8. The van der Waals surface area contributed by atoms with Gasteiger partial charge in [0.2, 0.25) is 6.33 Å². The molecule has 0 spiro atoms. The van der Waals surface area contributed by atoms with E-state index in [4.69, 9.17) is 0 Å². The Hall–Kier alpha value is -1.85. The Morgan fingerprint density at radius 3 is 3.09 bits per heavy atom. The molecule has 0 unspecified atom stereocenters. The Morgan fingerprint density at radius 2 is 2.27 bits per heavy atom. The molecule has 0 aliphatic heterocycles. The normalized spacial score (nSPS) is 10.2. The second-order valence-electron chi connectivity index (χ2n) is 1.93. The predicted molar refractivity (Wildman–Crippen MR) is 34.1 cm³/mol.